The van der Waals surface area contributed by atoms with Gasteiger partial charge in [-0.3, -0.25) is 0 Å². The van der Waals surface area contributed by atoms with Crippen LogP contribution < -0.4 is 25.7 Å². The number of methoxy groups -OCH3 is 3. The molecular weight excluding hydrogens is 256 g/mol. The van der Waals surface area contributed by atoms with Crippen LogP contribution in [0.5, 0.6) is 17.2 Å². The third-order valence-corrected chi connectivity index (χ3v) is 2.61. The van der Waals surface area contributed by atoms with Crippen molar-refractivity contribution >= 4 is 12.4 Å². The minimum atomic E-state index is -0.172. The van der Waals surface area contributed by atoms with E-state index in [0.717, 1.165) is 5.56 Å². The Morgan fingerprint density at radius 3 is 1.94 bits per heavy atom. The molecule has 0 unspecified atom stereocenters. The number of halogens is 1. The normalized spacial score (nSPS) is 11.4. The number of ether oxygens (including phenoxy) is 3. The van der Waals surface area contributed by atoms with Gasteiger partial charge in [-0.15, -0.1) is 12.4 Å². The van der Waals surface area contributed by atoms with Crippen molar-refractivity contribution in [2.45, 2.75) is 12.5 Å². The highest BCUT2D eigenvalue weighted by atomic mass is 35.5. The van der Waals surface area contributed by atoms with Gasteiger partial charge in [0.05, 0.1) is 21.3 Å². The second-order valence-corrected chi connectivity index (χ2v) is 3.63. The Kier molecular flexibility index (Phi) is 7.50. The van der Waals surface area contributed by atoms with E-state index in [-0.39, 0.29) is 18.4 Å². The lowest BCUT2D eigenvalue weighted by Crippen LogP contribution is -2.16. The smallest absolute Gasteiger partial charge is 0.164 e. The molecule has 1 atom stereocenters. The standard InChI is InChI=1S/C12H20N2O3.ClH/c1-15-10-7-12(17-3)11(16-2)6-8(10)9(14)4-5-13;/h6-7,9H,4-5,13-14H2,1-3H3;1H/t9-;/m1./s1. The summed E-state index contributed by atoms with van der Waals surface area (Å²) in [5, 5.41) is 0. The van der Waals surface area contributed by atoms with Crippen molar-refractivity contribution in [1.82, 2.24) is 0 Å². The molecule has 1 aromatic carbocycles. The van der Waals surface area contributed by atoms with Crippen LogP contribution in [0.2, 0.25) is 0 Å². The second-order valence-electron chi connectivity index (χ2n) is 3.63. The molecule has 4 N–H and O–H groups in total. The molecule has 6 heteroatoms. The van der Waals surface area contributed by atoms with Crippen LogP contribution in [0.1, 0.15) is 18.0 Å². The molecular formula is C12H21ClN2O3. The second kappa shape index (κ2) is 8.02. The topological polar surface area (TPSA) is 79.7 Å². The third kappa shape index (κ3) is 3.66. The van der Waals surface area contributed by atoms with E-state index in [2.05, 4.69) is 0 Å². The van der Waals surface area contributed by atoms with Gasteiger partial charge in [-0.05, 0) is 19.0 Å². The highest BCUT2D eigenvalue weighted by Crippen LogP contribution is 2.37. The van der Waals surface area contributed by atoms with Gasteiger partial charge in [-0.1, -0.05) is 0 Å². The monoisotopic (exact) mass is 276 g/mol. The van der Waals surface area contributed by atoms with E-state index in [4.69, 9.17) is 25.7 Å². The van der Waals surface area contributed by atoms with Crippen LogP contribution in [0.4, 0.5) is 0 Å². The van der Waals surface area contributed by atoms with Gasteiger partial charge >= 0.3 is 0 Å². The molecule has 104 valence electrons. The van der Waals surface area contributed by atoms with Crippen molar-refractivity contribution in [3.63, 3.8) is 0 Å². The van der Waals surface area contributed by atoms with E-state index < -0.39 is 0 Å². The Labute approximate surface area is 114 Å². The largest absolute Gasteiger partial charge is 0.496 e. The Morgan fingerprint density at radius 1 is 1.00 bits per heavy atom. The van der Waals surface area contributed by atoms with Gasteiger partial charge < -0.3 is 25.7 Å². The Morgan fingerprint density at radius 2 is 1.50 bits per heavy atom. The van der Waals surface area contributed by atoms with Crippen molar-refractivity contribution < 1.29 is 14.2 Å². The molecule has 0 aliphatic heterocycles. The number of rotatable bonds is 6. The first-order valence-electron chi connectivity index (χ1n) is 5.43. The van der Waals surface area contributed by atoms with Crippen LogP contribution >= 0.6 is 12.4 Å². The molecule has 0 fully saturated rings. The molecule has 1 rings (SSSR count). The highest BCUT2D eigenvalue weighted by molar-refractivity contribution is 5.85. The predicted molar refractivity (Wildman–Crippen MR) is 73.9 cm³/mol. The molecule has 5 nitrogen and oxygen atoms in total. The van der Waals surface area contributed by atoms with E-state index in [1.54, 1.807) is 27.4 Å². The summed E-state index contributed by atoms with van der Waals surface area (Å²) in [7, 11) is 4.76. The minimum Gasteiger partial charge on any atom is -0.496 e. The van der Waals surface area contributed by atoms with Gasteiger partial charge in [0.2, 0.25) is 0 Å². The lowest BCUT2D eigenvalue weighted by molar-refractivity contribution is 0.346. The first-order chi connectivity index (χ1) is 8.17. The van der Waals surface area contributed by atoms with Gasteiger partial charge in [-0.25, -0.2) is 0 Å². The summed E-state index contributed by atoms with van der Waals surface area (Å²) in [5.41, 5.74) is 12.4. The van der Waals surface area contributed by atoms with Crippen LogP contribution in [-0.4, -0.2) is 27.9 Å². The van der Waals surface area contributed by atoms with Crippen molar-refractivity contribution in [2.75, 3.05) is 27.9 Å². The van der Waals surface area contributed by atoms with E-state index in [9.17, 15) is 0 Å². The summed E-state index contributed by atoms with van der Waals surface area (Å²) in [6.07, 6.45) is 0.686. The molecule has 0 heterocycles. The van der Waals surface area contributed by atoms with Crippen LogP contribution in [0.3, 0.4) is 0 Å². The molecule has 0 aliphatic carbocycles. The number of hydrogen-bond acceptors (Lipinski definition) is 5. The lowest BCUT2D eigenvalue weighted by atomic mass is 10.0. The van der Waals surface area contributed by atoms with E-state index in [1.807, 2.05) is 6.07 Å². The SMILES string of the molecule is COc1cc(OC)c([C@H](N)CCN)cc1OC.Cl. The van der Waals surface area contributed by atoms with Crippen molar-refractivity contribution in [1.29, 1.82) is 0 Å². The van der Waals surface area contributed by atoms with Gasteiger partial charge in [0.1, 0.15) is 5.75 Å². The van der Waals surface area contributed by atoms with Crippen molar-refractivity contribution in [2.24, 2.45) is 11.5 Å². The third-order valence-electron chi connectivity index (χ3n) is 2.61. The van der Waals surface area contributed by atoms with E-state index in [0.29, 0.717) is 30.2 Å². The fraction of sp³-hybridized carbons (Fsp3) is 0.500. The summed E-state index contributed by atoms with van der Waals surface area (Å²) in [5.74, 6) is 1.94. The molecule has 0 aliphatic rings. The first kappa shape index (κ1) is 16.8. The van der Waals surface area contributed by atoms with Crippen molar-refractivity contribution in [3.8, 4) is 17.2 Å². The van der Waals surface area contributed by atoms with Crippen LogP contribution in [0.15, 0.2) is 12.1 Å². The summed E-state index contributed by atoms with van der Waals surface area (Å²) >= 11 is 0. The summed E-state index contributed by atoms with van der Waals surface area (Å²) in [6.45, 7) is 0.526. The van der Waals surface area contributed by atoms with Crippen LogP contribution in [0.25, 0.3) is 0 Å². The van der Waals surface area contributed by atoms with Gasteiger partial charge in [0, 0.05) is 17.7 Å². The van der Waals surface area contributed by atoms with Crippen molar-refractivity contribution in [3.05, 3.63) is 17.7 Å². The van der Waals surface area contributed by atoms with Gasteiger partial charge in [0.15, 0.2) is 11.5 Å². The Bertz CT molecular complexity index is 375. The average molecular weight is 277 g/mol. The molecule has 1 aromatic rings. The quantitative estimate of drug-likeness (QED) is 0.823. The Hall–Kier alpha value is -1.17. The molecule has 0 spiro atoms. The predicted octanol–water partition coefficient (Wildman–Crippen LogP) is 1.48. The van der Waals surface area contributed by atoms with Gasteiger partial charge in [-0.2, -0.15) is 0 Å². The lowest BCUT2D eigenvalue weighted by Gasteiger charge is -2.18. The highest BCUT2D eigenvalue weighted by Gasteiger charge is 2.16. The number of benzene rings is 1. The van der Waals surface area contributed by atoms with E-state index >= 15 is 0 Å². The molecule has 0 amide bonds. The van der Waals surface area contributed by atoms with Crippen LogP contribution in [0, 0.1) is 0 Å². The zero-order valence-electron chi connectivity index (χ0n) is 10.9. The van der Waals surface area contributed by atoms with Gasteiger partial charge in [0.25, 0.3) is 0 Å². The molecule has 0 aromatic heterocycles. The fourth-order valence-electron chi connectivity index (χ4n) is 1.68. The maximum Gasteiger partial charge on any atom is 0.164 e. The summed E-state index contributed by atoms with van der Waals surface area (Å²) in [6, 6.07) is 3.43. The molecule has 18 heavy (non-hydrogen) atoms. The maximum absolute atomic E-state index is 6.04. The minimum absolute atomic E-state index is 0. The summed E-state index contributed by atoms with van der Waals surface area (Å²) < 4.78 is 15.7. The first-order valence-corrected chi connectivity index (χ1v) is 5.43. The Balaban J connectivity index is 0.00000289. The number of nitrogens with two attached hydrogens (primary N) is 2. The molecule has 0 bridgehead atoms. The molecule has 0 saturated carbocycles. The molecule has 0 saturated heterocycles. The average Bonchev–Trinajstić information content (AvgIpc) is 2.37. The molecule has 0 radical (unpaired) electrons. The number of hydrogen-bond donors (Lipinski definition) is 2. The summed E-state index contributed by atoms with van der Waals surface area (Å²) in [4.78, 5) is 0. The fourth-order valence-corrected chi connectivity index (χ4v) is 1.68. The van der Waals surface area contributed by atoms with Crippen LogP contribution in [-0.2, 0) is 0 Å². The zero-order valence-corrected chi connectivity index (χ0v) is 11.8. The maximum atomic E-state index is 6.04. The van der Waals surface area contributed by atoms with E-state index in [1.165, 1.54) is 0 Å². The zero-order chi connectivity index (χ0) is 12.8.